The first-order valence-corrected chi connectivity index (χ1v) is 9.59. The molecule has 2 aromatic heterocycles. The lowest BCUT2D eigenvalue weighted by Gasteiger charge is -2.34. The normalized spacial score (nSPS) is 14.0. The summed E-state index contributed by atoms with van der Waals surface area (Å²) >= 11 is 23.3. The van der Waals surface area contributed by atoms with Crippen LogP contribution in [0.1, 0.15) is 0 Å². The van der Waals surface area contributed by atoms with Crippen LogP contribution < -0.4 is 10.6 Å². The Bertz CT molecular complexity index is 791. The van der Waals surface area contributed by atoms with Gasteiger partial charge in [0.15, 0.2) is 0 Å². The molecule has 1 aliphatic rings. The van der Waals surface area contributed by atoms with Crippen LogP contribution in [0.5, 0.6) is 0 Å². The second-order valence-electron chi connectivity index (χ2n) is 5.84. The van der Waals surface area contributed by atoms with Crippen LogP contribution >= 0.6 is 46.4 Å². The van der Waals surface area contributed by atoms with Gasteiger partial charge < -0.3 is 20.4 Å². The Morgan fingerprint density at radius 3 is 1.25 bits per heavy atom. The molecule has 0 radical (unpaired) electrons. The largest absolute Gasteiger partial charge is 0.321 e. The first-order valence-electron chi connectivity index (χ1n) is 8.08. The van der Waals surface area contributed by atoms with Crippen LogP contribution in [0.3, 0.4) is 0 Å². The van der Waals surface area contributed by atoms with Gasteiger partial charge in [-0.2, -0.15) is 0 Å². The quantitative estimate of drug-likeness (QED) is 0.642. The van der Waals surface area contributed by atoms with Gasteiger partial charge >= 0.3 is 12.1 Å². The standard InChI is InChI=1S/C16H14Cl4N6O2/c17-11-5-9(6-12(18)23-11)21-15(27)25-1-2-26(4-3-25)16(28)22-10-7-13(19)24-14(20)8-10/h5-8H,1-4H2,(H,21,23,27)(H,22,24,28). The number of nitrogens with zero attached hydrogens (tertiary/aromatic N) is 4. The number of carbonyl (C=O) groups is 2. The third kappa shape index (κ3) is 5.51. The summed E-state index contributed by atoms with van der Waals surface area (Å²) in [5.74, 6) is 0. The van der Waals surface area contributed by atoms with Gasteiger partial charge in [0.1, 0.15) is 20.6 Å². The van der Waals surface area contributed by atoms with Crippen LogP contribution in [0.25, 0.3) is 0 Å². The number of aromatic nitrogens is 2. The summed E-state index contributed by atoms with van der Waals surface area (Å²) in [7, 11) is 0. The molecule has 1 fully saturated rings. The van der Waals surface area contributed by atoms with Crippen molar-refractivity contribution >= 4 is 69.8 Å². The van der Waals surface area contributed by atoms with Gasteiger partial charge in [-0.05, 0) is 24.3 Å². The fourth-order valence-corrected chi connectivity index (χ4v) is 3.51. The van der Waals surface area contributed by atoms with Gasteiger partial charge in [0, 0.05) is 37.6 Å². The maximum Gasteiger partial charge on any atom is 0.321 e. The van der Waals surface area contributed by atoms with Gasteiger partial charge in [0.05, 0.1) is 0 Å². The molecule has 0 aliphatic carbocycles. The van der Waals surface area contributed by atoms with Crippen LogP contribution in [-0.2, 0) is 0 Å². The topological polar surface area (TPSA) is 90.5 Å². The van der Waals surface area contributed by atoms with Gasteiger partial charge in [-0.3, -0.25) is 0 Å². The molecule has 4 amide bonds. The Morgan fingerprint density at radius 2 is 0.964 bits per heavy atom. The number of hydrogen-bond donors (Lipinski definition) is 2. The minimum Gasteiger partial charge on any atom is -0.321 e. The average molecular weight is 464 g/mol. The smallest absolute Gasteiger partial charge is 0.321 e. The molecule has 28 heavy (non-hydrogen) atoms. The molecular weight excluding hydrogens is 450 g/mol. The van der Waals surface area contributed by atoms with E-state index in [1.807, 2.05) is 0 Å². The summed E-state index contributed by atoms with van der Waals surface area (Å²) in [6, 6.07) is 5.37. The van der Waals surface area contributed by atoms with E-state index in [0.717, 1.165) is 0 Å². The zero-order chi connectivity index (χ0) is 20.3. The van der Waals surface area contributed by atoms with E-state index in [1.54, 1.807) is 9.80 Å². The Labute approximate surface area is 180 Å². The molecule has 0 unspecified atom stereocenters. The van der Waals surface area contributed by atoms with Gasteiger partial charge in [0.25, 0.3) is 0 Å². The number of pyridine rings is 2. The molecule has 0 saturated carbocycles. The van der Waals surface area contributed by atoms with E-state index in [1.165, 1.54) is 24.3 Å². The van der Waals surface area contributed by atoms with Gasteiger partial charge in [-0.1, -0.05) is 46.4 Å². The summed E-state index contributed by atoms with van der Waals surface area (Å²) in [5.41, 5.74) is 0.892. The number of amides is 4. The number of piperazine rings is 1. The zero-order valence-electron chi connectivity index (χ0n) is 14.3. The van der Waals surface area contributed by atoms with E-state index in [0.29, 0.717) is 37.6 Å². The molecule has 3 rings (SSSR count). The van der Waals surface area contributed by atoms with Crippen molar-refractivity contribution in [3.8, 4) is 0 Å². The zero-order valence-corrected chi connectivity index (χ0v) is 17.3. The molecule has 8 nitrogen and oxygen atoms in total. The average Bonchev–Trinajstić information content (AvgIpc) is 2.60. The Hall–Kier alpha value is -2.00. The lowest BCUT2D eigenvalue weighted by molar-refractivity contribution is 0.156. The van der Waals surface area contributed by atoms with E-state index < -0.39 is 0 Å². The Kier molecular flexibility index (Phi) is 6.66. The highest BCUT2D eigenvalue weighted by molar-refractivity contribution is 6.33. The van der Waals surface area contributed by atoms with E-state index in [4.69, 9.17) is 46.4 Å². The van der Waals surface area contributed by atoms with Crippen molar-refractivity contribution in [1.82, 2.24) is 19.8 Å². The van der Waals surface area contributed by atoms with Crippen LogP contribution in [0.15, 0.2) is 24.3 Å². The summed E-state index contributed by atoms with van der Waals surface area (Å²) in [4.78, 5) is 35.6. The second kappa shape index (κ2) is 9.00. The highest BCUT2D eigenvalue weighted by atomic mass is 35.5. The number of hydrogen-bond acceptors (Lipinski definition) is 4. The lowest BCUT2D eigenvalue weighted by Crippen LogP contribution is -2.52. The number of anilines is 2. The number of rotatable bonds is 2. The molecule has 0 atom stereocenters. The number of nitrogens with one attached hydrogen (secondary N) is 2. The molecule has 2 aromatic rings. The van der Waals surface area contributed by atoms with Crippen LogP contribution in [0.2, 0.25) is 20.6 Å². The minimum absolute atomic E-state index is 0.181. The fraction of sp³-hybridized carbons (Fsp3) is 0.250. The van der Waals surface area contributed by atoms with Crippen LogP contribution in [0.4, 0.5) is 21.0 Å². The molecular formula is C16H14Cl4N6O2. The Morgan fingerprint density at radius 1 is 0.679 bits per heavy atom. The van der Waals surface area contributed by atoms with Crippen molar-refractivity contribution in [2.24, 2.45) is 0 Å². The van der Waals surface area contributed by atoms with Crippen molar-refractivity contribution in [2.75, 3.05) is 36.8 Å². The van der Waals surface area contributed by atoms with Crippen molar-refractivity contribution < 1.29 is 9.59 Å². The van der Waals surface area contributed by atoms with Gasteiger partial charge in [0.2, 0.25) is 0 Å². The van der Waals surface area contributed by atoms with Crippen molar-refractivity contribution in [3.05, 3.63) is 44.9 Å². The predicted molar refractivity (Wildman–Crippen MR) is 110 cm³/mol. The summed E-state index contributed by atoms with van der Waals surface area (Å²) in [5, 5.41) is 6.15. The SMILES string of the molecule is O=C(Nc1cc(Cl)nc(Cl)c1)N1CCN(C(=O)Nc2cc(Cl)nc(Cl)c2)CC1. The van der Waals surface area contributed by atoms with Crippen LogP contribution in [-0.4, -0.2) is 58.0 Å². The predicted octanol–water partition coefficient (Wildman–Crippen LogP) is 4.47. The summed E-state index contributed by atoms with van der Waals surface area (Å²) in [6.45, 7) is 1.46. The first-order chi connectivity index (χ1) is 13.3. The third-order valence-electron chi connectivity index (χ3n) is 3.88. The van der Waals surface area contributed by atoms with Crippen molar-refractivity contribution in [3.63, 3.8) is 0 Å². The van der Waals surface area contributed by atoms with Gasteiger partial charge in [-0.15, -0.1) is 0 Å². The fourth-order valence-electron chi connectivity index (χ4n) is 2.59. The summed E-state index contributed by atoms with van der Waals surface area (Å²) < 4.78 is 0. The molecule has 1 aliphatic heterocycles. The molecule has 2 N–H and O–H groups in total. The summed E-state index contributed by atoms with van der Waals surface area (Å²) in [6.07, 6.45) is 0. The number of halogens is 4. The maximum atomic E-state index is 12.4. The molecule has 12 heteroatoms. The first kappa shape index (κ1) is 20.7. The second-order valence-corrected chi connectivity index (χ2v) is 7.39. The van der Waals surface area contributed by atoms with Gasteiger partial charge in [-0.25, -0.2) is 19.6 Å². The number of carbonyl (C=O) groups excluding carboxylic acids is 2. The third-order valence-corrected chi connectivity index (χ3v) is 4.66. The van der Waals surface area contributed by atoms with E-state index in [2.05, 4.69) is 20.6 Å². The molecule has 0 spiro atoms. The maximum absolute atomic E-state index is 12.4. The van der Waals surface area contributed by atoms with Crippen molar-refractivity contribution in [2.45, 2.75) is 0 Å². The van der Waals surface area contributed by atoms with E-state index >= 15 is 0 Å². The molecule has 3 heterocycles. The number of urea groups is 2. The van der Waals surface area contributed by atoms with Crippen molar-refractivity contribution in [1.29, 1.82) is 0 Å². The Balaban J connectivity index is 1.53. The molecule has 0 bridgehead atoms. The molecule has 1 saturated heterocycles. The van der Waals surface area contributed by atoms with Crippen LogP contribution in [0, 0.1) is 0 Å². The molecule has 148 valence electrons. The molecule has 0 aromatic carbocycles. The highest BCUT2D eigenvalue weighted by Crippen LogP contribution is 2.20. The minimum atomic E-state index is -0.314. The van der Waals surface area contributed by atoms with E-state index in [9.17, 15) is 9.59 Å². The van der Waals surface area contributed by atoms with E-state index in [-0.39, 0.29) is 32.7 Å². The highest BCUT2D eigenvalue weighted by Gasteiger charge is 2.24. The monoisotopic (exact) mass is 462 g/mol. The lowest BCUT2D eigenvalue weighted by atomic mass is 10.3.